The number of hydrogen-bond acceptors (Lipinski definition) is 8. The van der Waals surface area contributed by atoms with Crippen molar-refractivity contribution in [2.24, 2.45) is 50.7 Å². The van der Waals surface area contributed by atoms with Gasteiger partial charge in [-0.15, -0.1) is 0 Å². The van der Waals surface area contributed by atoms with Crippen LogP contribution in [0.5, 0.6) is 0 Å². The maximum Gasteiger partial charge on any atom is 0.310 e. The van der Waals surface area contributed by atoms with Gasteiger partial charge in [-0.3, -0.25) is 4.79 Å². The van der Waals surface area contributed by atoms with Crippen LogP contribution in [0, 0.1) is 50.7 Å². The van der Waals surface area contributed by atoms with E-state index >= 15 is 0 Å². The molecule has 4 saturated carbocycles. The second kappa shape index (κ2) is 10.5. The maximum absolute atomic E-state index is 13.0. The molecule has 0 aromatic heterocycles. The highest BCUT2D eigenvalue weighted by Gasteiger charge is 2.72. The largest absolute Gasteiger partial charge is 0.481 e. The molecule has 16 atom stereocenters. The second-order valence-electron chi connectivity index (χ2n) is 17.7. The number of hydrogen-bond donors (Lipinski definition) is 6. The summed E-state index contributed by atoms with van der Waals surface area (Å²) in [5.74, 6) is -0.801. The molecule has 6 rings (SSSR count). The number of aliphatic carboxylic acids is 1. The first-order chi connectivity index (χ1) is 20.7. The van der Waals surface area contributed by atoms with E-state index < -0.39 is 71.2 Å². The number of rotatable bonds is 3. The van der Waals surface area contributed by atoms with E-state index in [1.165, 1.54) is 0 Å². The third kappa shape index (κ3) is 4.33. The molecule has 5 aliphatic carbocycles. The molecule has 6 aliphatic rings. The second-order valence-corrected chi connectivity index (χ2v) is 17.7. The lowest BCUT2D eigenvalue weighted by atomic mass is 9.33. The van der Waals surface area contributed by atoms with Crippen LogP contribution < -0.4 is 0 Å². The van der Waals surface area contributed by atoms with Crippen molar-refractivity contribution in [2.45, 2.75) is 155 Å². The van der Waals surface area contributed by atoms with Crippen LogP contribution in [0.3, 0.4) is 0 Å². The van der Waals surface area contributed by atoms with E-state index in [-0.39, 0.29) is 34.0 Å². The van der Waals surface area contributed by atoms with Gasteiger partial charge in [0.25, 0.3) is 0 Å². The molecule has 9 heteroatoms. The molecule has 1 aliphatic heterocycles. The first kappa shape index (κ1) is 33.8. The summed E-state index contributed by atoms with van der Waals surface area (Å²) in [4.78, 5) is 13.0. The van der Waals surface area contributed by atoms with Gasteiger partial charge in [-0.2, -0.15) is 0 Å². The van der Waals surface area contributed by atoms with E-state index in [0.29, 0.717) is 25.7 Å². The molecule has 0 radical (unpaired) electrons. The smallest absolute Gasteiger partial charge is 0.310 e. The predicted octanol–water partition coefficient (Wildman–Crippen LogP) is 4.03. The topological polar surface area (TPSA) is 157 Å². The van der Waals surface area contributed by atoms with Crippen LogP contribution in [-0.4, -0.2) is 85.1 Å². The van der Waals surface area contributed by atoms with E-state index in [0.717, 1.165) is 31.3 Å². The number of aliphatic hydroxyl groups is 5. The Balaban J connectivity index is 1.35. The zero-order valence-corrected chi connectivity index (χ0v) is 28.5. The van der Waals surface area contributed by atoms with Crippen LogP contribution in [0.2, 0.25) is 0 Å². The third-order valence-corrected chi connectivity index (χ3v) is 15.5. The molecular formula is C36H58O9. The summed E-state index contributed by atoms with van der Waals surface area (Å²) in [6.07, 6.45) is 0.567. The highest BCUT2D eigenvalue weighted by atomic mass is 16.7. The number of fused-ring (bicyclic) bond motifs is 7. The fourth-order valence-electron chi connectivity index (χ4n) is 12.5. The predicted molar refractivity (Wildman–Crippen MR) is 167 cm³/mol. The number of aliphatic hydroxyl groups excluding tert-OH is 4. The van der Waals surface area contributed by atoms with Crippen LogP contribution in [-0.2, 0) is 14.3 Å². The van der Waals surface area contributed by atoms with Crippen LogP contribution in [0.1, 0.15) is 107 Å². The number of carboxylic acid groups (broad SMARTS) is 1. The quantitative estimate of drug-likeness (QED) is 0.199. The lowest BCUT2D eigenvalue weighted by Crippen LogP contribution is -2.69. The minimum atomic E-state index is -1.44. The van der Waals surface area contributed by atoms with Gasteiger partial charge in [0.15, 0.2) is 6.29 Å². The van der Waals surface area contributed by atoms with Gasteiger partial charge in [-0.25, -0.2) is 0 Å². The van der Waals surface area contributed by atoms with Gasteiger partial charge in [0, 0.05) is 5.92 Å². The molecule has 45 heavy (non-hydrogen) atoms. The first-order valence-corrected chi connectivity index (χ1v) is 17.4. The summed E-state index contributed by atoms with van der Waals surface area (Å²) in [5, 5.41) is 65.9. The zero-order valence-electron chi connectivity index (χ0n) is 28.5. The van der Waals surface area contributed by atoms with Crippen molar-refractivity contribution in [3.8, 4) is 0 Å². The molecule has 0 spiro atoms. The molecule has 0 aromatic rings. The fourth-order valence-corrected chi connectivity index (χ4v) is 12.5. The normalized spacial score (nSPS) is 57.4. The van der Waals surface area contributed by atoms with Crippen molar-refractivity contribution < 1.29 is 44.9 Å². The van der Waals surface area contributed by atoms with Gasteiger partial charge < -0.3 is 40.1 Å². The Hall–Kier alpha value is -1.07. The third-order valence-electron chi connectivity index (χ3n) is 15.5. The Morgan fingerprint density at radius 2 is 1.56 bits per heavy atom. The van der Waals surface area contributed by atoms with Crippen molar-refractivity contribution in [3.63, 3.8) is 0 Å². The van der Waals surface area contributed by atoms with Gasteiger partial charge in [-0.1, -0.05) is 53.2 Å². The monoisotopic (exact) mass is 634 g/mol. The Labute approximate surface area is 268 Å². The molecule has 2 unspecified atom stereocenters. The van der Waals surface area contributed by atoms with Crippen LogP contribution in [0.25, 0.3) is 0 Å². The number of ether oxygens (including phenoxy) is 2. The van der Waals surface area contributed by atoms with Crippen molar-refractivity contribution in [2.75, 3.05) is 0 Å². The van der Waals surface area contributed by atoms with Crippen molar-refractivity contribution in [1.29, 1.82) is 0 Å². The summed E-state index contributed by atoms with van der Waals surface area (Å²) in [6, 6.07) is 0. The Kier molecular flexibility index (Phi) is 7.86. The van der Waals surface area contributed by atoms with Gasteiger partial charge in [0.2, 0.25) is 0 Å². The molecule has 1 saturated heterocycles. The fraction of sp³-hybridized carbons (Fsp3) is 0.917. The Morgan fingerprint density at radius 1 is 0.889 bits per heavy atom. The van der Waals surface area contributed by atoms with Gasteiger partial charge in [-0.05, 0) is 105 Å². The van der Waals surface area contributed by atoms with E-state index in [9.17, 15) is 35.4 Å². The zero-order chi connectivity index (χ0) is 33.3. The average molecular weight is 635 g/mol. The van der Waals surface area contributed by atoms with E-state index in [1.54, 1.807) is 6.92 Å². The summed E-state index contributed by atoms with van der Waals surface area (Å²) in [5.41, 5.74) is -2.13. The van der Waals surface area contributed by atoms with E-state index in [1.807, 2.05) is 6.92 Å². The minimum Gasteiger partial charge on any atom is -0.481 e. The number of allylic oxidation sites excluding steroid dienone is 1. The first-order valence-electron chi connectivity index (χ1n) is 17.4. The molecular weight excluding hydrogens is 576 g/mol. The van der Waals surface area contributed by atoms with Gasteiger partial charge in [0.05, 0.1) is 29.3 Å². The Morgan fingerprint density at radius 3 is 2.20 bits per heavy atom. The SMILES string of the molecule is C[C@@H]1CC[C@]2(C(=O)O)CC[C@]3(C)C(=CC[C@@H]4[C@@]5(C)C[C@@H](O)[C@H](O[C@@H]6O[C@H](C)[C@@H](O)[C@H](O)[C@H]6O)C(C)(C)C5CC[C@]43C)C2[C@]1(C)O. The van der Waals surface area contributed by atoms with E-state index in [2.05, 4.69) is 47.6 Å². The number of carbonyl (C=O) groups is 1. The van der Waals surface area contributed by atoms with Crippen molar-refractivity contribution in [3.05, 3.63) is 11.6 Å². The summed E-state index contributed by atoms with van der Waals surface area (Å²) in [6.45, 7) is 16.9. The van der Waals surface area contributed by atoms with Gasteiger partial charge in [0.1, 0.15) is 18.3 Å². The molecule has 9 nitrogen and oxygen atoms in total. The van der Waals surface area contributed by atoms with Crippen LogP contribution >= 0.6 is 0 Å². The molecule has 256 valence electrons. The molecule has 6 N–H and O–H groups in total. The molecule has 1 heterocycles. The summed E-state index contributed by atoms with van der Waals surface area (Å²) in [7, 11) is 0. The van der Waals surface area contributed by atoms with Crippen molar-refractivity contribution >= 4 is 5.97 Å². The lowest BCUT2D eigenvalue weighted by molar-refractivity contribution is -0.336. The van der Waals surface area contributed by atoms with Gasteiger partial charge >= 0.3 is 5.97 Å². The average Bonchev–Trinajstić information content (AvgIpc) is 2.94. The van der Waals surface area contributed by atoms with Crippen LogP contribution in [0.15, 0.2) is 11.6 Å². The van der Waals surface area contributed by atoms with Crippen molar-refractivity contribution in [1.82, 2.24) is 0 Å². The number of carboxylic acids is 1. The summed E-state index contributed by atoms with van der Waals surface area (Å²) >= 11 is 0. The minimum absolute atomic E-state index is 0.00209. The molecule has 0 aromatic carbocycles. The van der Waals surface area contributed by atoms with Crippen LogP contribution in [0.4, 0.5) is 0 Å². The standard InChI is InChI=1S/C36H58O9/c1-18-11-14-36(30(41)42)16-15-33(6)20(27(36)35(18,8)43)9-10-23-32(5)17-21(37)28(31(3,4)22(32)12-13-34(23,33)7)45-29-26(40)25(39)24(38)19(2)44-29/h9,18-19,21-29,37-40,43H,10-17H2,1-8H3,(H,41,42)/t18-,19-,21-,22?,23-,24-,25+,26-,27?,28+,29+,32+,33-,34-,35-,36+/m1/s1. The molecule has 0 amide bonds. The lowest BCUT2D eigenvalue weighted by Gasteiger charge is -2.72. The molecule has 0 bridgehead atoms. The van der Waals surface area contributed by atoms with E-state index in [4.69, 9.17) is 9.47 Å². The Bertz CT molecular complexity index is 1230. The maximum atomic E-state index is 13.0. The highest BCUT2D eigenvalue weighted by Crippen LogP contribution is 2.76. The summed E-state index contributed by atoms with van der Waals surface area (Å²) < 4.78 is 12.1. The highest BCUT2D eigenvalue weighted by molar-refractivity contribution is 5.77. The molecule has 5 fully saturated rings.